The van der Waals surface area contributed by atoms with E-state index in [1.807, 2.05) is 0 Å². The zero-order valence-electron chi connectivity index (χ0n) is 15.6. The van der Waals surface area contributed by atoms with Crippen molar-refractivity contribution in [2.24, 2.45) is 7.05 Å². The zero-order valence-corrected chi connectivity index (χ0v) is 15.6. The Labute approximate surface area is 159 Å². The number of carbonyl (C=O) groups is 2. The second-order valence-corrected chi connectivity index (χ2v) is 6.39. The lowest BCUT2D eigenvalue weighted by Crippen LogP contribution is -2.29. The zero-order chi connectivity index (χ0) is 20.4. The van der Waals surface area contributed by atoms with Gasteiger partial charge in [-0.05, 0) is 23.8 Å². The first-order valence-electron chi connectivity index (χ1n) is 8.34. The summed E-state index contributed by atoms with van der Waals surface area (Å²) in [5.74, 6) is -0.776. The molecule has 0 fully saturated rings. The number of hydrogen-bond donors (Lipinski definition) is 1. The van der Waals surface area contributed by atoms with E-state index in [1.54, 1.807) is 38.4 Å². The number of aromatic amines is 1. The van der Waals surface area contributed by atoms with Crippen molar-refractivity contribution in [3.05, 3.63) is 74.1 Å². The summed E-state index contributed by atoms with van der Waals surface area (Å²) < 4.78 is 6.43. The highest BCUT2D eigenvalue weighted by Crippen LogP contribution is 2.11. The molecule has 0 radical (unpaired) electrons. The Morgan fingerprint density at radius 1 is 1.14 bits per heavy atom. The summed E-state index contributed by atoms with van der Waals surface area (Å²) in [5.41, 5.74) is 0.293. The Morgan fingerprint density at radius 3 is 2.46 bits per heavy atom. The number of rotatable bonds is 4. The predicted molar refractivity (Wildman–Crippen MR) is 101 cm³/mol. The lowest BCUT2D eigenvalue weighted by Gasteiger charge is -2.11. The third-order valence-electron chi connectivity index (χ3n) is 4.17. The average Bonchev–Trinajstić information content (AvgIpc) is 2.69. The molecule has 0 spiro atoms. The monoisotopic (exact) mass is 382 g/mol. The van der Waals surface area contributed by atoms with Crippen LogP contribution < -0.4 is 11.2 Å². The molecular formula is C19H18N4O5. The van der Waals surface area contributed by atoms with E-state index in [0.29, 0.717) is 11.1 Å². The molecule has 0 saturated carbocycles. The molecule has 0 atom stereocenters. The first-order valence-corrected chi connectivity index (χ1v) is 8.34. The lowest BCUT2D eigenvalue weighted by molar-refractivity contribution is 0.0472. The second kappa shape index (κ2) is 7.47. The number of aromatic nitrogens is 3. The van der Waals surface area contributed by atoms with Crippen molar-refractivity contribution in [1.82, 2.24) is 19.4 Å². The van der Waals surface area contributed by atoms with E-state index in [9.17, 15) is 19.2 Å². The number of amides is 1. The number of hydrogen-bond acceptors (Lipinski definition) is 6. The molecule has 1 amide bonds. The van der Waals surface area contributed by atoms with Crippen LogP contribution in [-0.4, -0.2) is 45.4 Å². The van der Waals surface area contributed by atoms with E-state index in [1.165, 1.54) is 28.8 Å². The van der Waals surface area contributed by atoms with Crippen LogP contribution in [0.3, 0.4) is 0 Å². The number of carbonyl (C=O) groups excluding carboxylic acids is 2. The number of fused-ring (bicyclic) bond motifs is 1. The van der Waals surface area contributed by atoms with Gasteiger partial charge in [-0.3, -0.25) is 19.1 Å². The van der Waals surface area contributed by atoms with E-state index in [2.05, 4.69) is 9.97 Å². The molecule has 0 aliphatic heterocycles. The molecule has 3 rings (SSSR count). The van der Waals surface area contributed by atoms with E-state index in [-0.39, 0.29) is 29.1 Å². The number of nitrogens with one attached hydrogen (secondary N) is 1. The molecule has 0 aliphatic rings. The van der Waals surface area contributed by atoms with Gasteiger partial charge in [0.15, 0.2) is 0 Å². The summed E-state index contributed by atoms with van der Waals surface area (Å²) >= 11 is 0. The minimum atomic E-state index is -0.656. The molecule has 1 N–H and O–H groups in total. The molecule has 0 unspecified atom stereocenters. The quantitative estimate of drug-likeness (QED) is 0.664. The van der Waals surface area contributed by atoms with Gasteiger partial charge in [-0.25, -0.2) is 14.6 Å². The fraction of sp³-hybridized carbons (Fsp3) is 0.211. The molecule has 9 nitrogen and oxygen atoms in total. The van der Waals surface area contributed by atoms with Crippen LogP contribution >= 0.6 is 0 Å². The molecule has 28 heavy (non-hydrogen) atoms. The van der Waals surface area contributed by atoms with Crippen LogP contribution in [0.15, 0.2) is 46.1 Å². The molecule has 9 heteroatoms. The fourth-order valence-corrected chi connectivity index (χ4v) is 2.58. The molecule has 2 heterocycles. The van der Waals surface area contributed by atoms with Crippen LogP contribution in [0.5, 0.6) is 0 Å². The molecule has 0 bridgehead atoms. The van der Waals surface area contributed by atoms with Gasteiger partial charge in [0.2, 0.25) is 0 Å². The van der Waals surface area contributed by atoms with Gasteiger partial charge in [-0.15, -0.1) is 0 Å². The first-order chi connectivity index (χ1) is 13.3. The second-order valence-electron chi connectivity index (χ2n) is 6.39. The highest BCUT2D eigenvalue weighted by atomic mass is 16.5. The van der Waals surface area contributed by atoms with Crippen molar-refractivity contribution in [2.45, 2.75) is 6.61 Å². The van der Waals surface area contributed by atoms with Crippen molar-refractivity contribution in [1.29, 1.82) is 0 Å². The Kier molecular flexibility index (Phi) is 5.08. The van der Waals surface area contributed by atoms with E-state index in [4.69, 9.17) is 4.74 Å². The minimum absolute atomic E-state index is 0.00304. The van der Waals surface area contributed by atoms with Crippen molar-refractivity contribution in [3.8, 4) is 0 Å². The Morgan fingerprint density at radius 2 is 1.82 bits per heavy atom. The third kappa shape index (κ3) is 3.68. The molecule has 3 aromatic rings. The first kappa shape index (κ1) is 19.0. The van der Waals surface area contributed by atoms with E-state index < -0.39 is 17.2 Å². The van der Waals surface area contributed by atoms with Gasteiger partial charge in [0, 0.05) is 32.9 Å². The Balaban J connectivity index is 1.76. The Hall–Kier alpha value is -3.75. The van der Waals surface area contributed by atoms with Crippen molar-refractivity contribution < 1.29 is 14.3 Å². The molecule has 144 valence electrons. The smallest absolute Gasteiger partial charge is 0.340 e. The normalized spacial score (nSPS) is 10.7. The highest BCUT2D eigenvalue weighted by Gasteiger charge is 2.13. The highest BCUT2D eigenvalue weighted by molar-refractivity contribution is 5.94. The largest absolute Gasteiger partial charge is 0.457 e. The van der Waals surface area contributed by atoms with Gasteiger partial charge >= 0.3 is 11.7 Å². The predicted octanol–water partition coefficient (Wildman–Crippen LogP) is 0.681. The number of ether oxygens (including phenoxy) is 1. The van der Waals surface area contributed by atoms with Crippen LogP contribution in [0.1, 0.15) is 26.3 Å². The maximum Gasteiger partial charge on any atom is 0.340 e. The number of aryl methyl sites for hydroxylation is 1. The van der Waals surface area contributed by atoms with Crippen LogP contribution in [0.2, 0.25) is 0 Å². The fourth-order valence-electron chi connectivity index (χ4n) is 2.58. The maximum atomic E-state index is 12.3. The van der Waals surface area contributed by atoms with Crippen LogP contribution in [-0.2, 0) is 18.4 Å². The number of benzene rings is 1. The Bertz CT molecular complexity index is 1180. The maximum absolute atomic E-state index is 12.3. The topological polar surface area (TPSA) is 114 Å². The summed E-state index contributed by atoms with van der Waals surface area (Å²) in [7, 11) is 4.80. The third-order valence-corrected chi connectivity index (χ3v) is 4.17. The molecule has 0 aliphatic carbocycles. The van der Waals surface area contributed by atoms with Gasteiger partial charge in [0.1, 0.15) is 12.3 Å². The summed E-state index contributed by atoms with van der Waals surface area (Å²) in [6, 6.07) is 8.04. The number of pyridine rings is 1. The van der Waals surface area contributed by atoms with Gasteiger partial charge in [-0.2, -0.15) is 0 Å². The number of nitrogens with zero attached hydrogens (tertiary/aromatic N) is 3. The number of esters is 1. The molecule has 2 aromatic heterocycles. The summed E-state index contributed by atoms with van der Waals surface area (Å²) in [5, 5.41) is 0.114. The molecular weight excluding hydrogens is 364 g/mol. The SMILES string of the molecule is CN(C)C(=O)c1ccc(COC(=O)c2cnc3c(c2)c(=O)[nH]c(=O)n3C)cc1. The van der Waals surface area contributed by atoms with Crippen LogP contribution in [0.4, 0.5) is 0 Å². The molecule has 0 saturated heterocycles. The van der Waals surface area contributed by atoms with Crippen LogP contribution in [0.25, 0.3) is 11.0 Å². The average molecular weight is 382 g/mol. The minimum Gasteiger partial charge on any atom is -0.457 e. The summed E-state index contributed by atoms with van der Waals surface area (Å²) in [4.78, 5) is 55.3. The van der Waals surface area contributed by atoms with Crippen LogP contribution in [0, 0.1) is 0 Å². The summed E-state index contributed by atoms with van der Waals surface area (Å²) in [6.45, 7) is -0.00304. The summed E-state index contributed by atoms with van der Waals surface area (Å²) in [6.07, 6.45) is 1.25. The van der Waals surface area contributed by atoms with E-state index in [0.717, 1.165) is 0 Å². The standard InChI is InChI=1S/C19H18N4O5/c1-22(2)17(25)12-6-4-11(5-7-12)10-28-18(26)13-8-14-15(20-9-13)23(3)19(27)21-16(14)24/h4-9H,10H2,1-3H3,(H,21,24,27). The van der Waals surface area contributed by atoms with Crippen molar-refractivity contribution in [2.75, 3.05) is 14.1 Å². The van der Waals surface area contributed by atoms with E-state index >= 15 is 0 Å². The lowest BCUT2D eigenvalue weighted by atomic mass is 10.1. The van der Waals surface area contributed by atoms with Crippen molar-refractivity contribution in [3.63, 3.8) is 0 Å². The molecule has 1 aromatic carbocycles. The van der Waals surface area contributed by atoms with Gasteiger partial charge in [0.05, 0.1) is 10.9 Å². The number of H-pyrrole nitrogens is 1. The van der Waals surface area contributed by atoms with Gasteiger partial charge in [0.25, 0.3) is 11.5 Å². The van der Waals surface area contributed by atoms with Crippen molar-refractivity contribution >= 4 is 22.9 Å². The van der Waals surface area contributed by atoms with Gasteiger partial charge in [-0.1, -0.05) is 12.1 Å². The van der Waals surface area contributed by atoms with Gasteiger partial charge < -0.3 is 9.64 Å².